The maximum Gasteiger partial charge on any atom is 0.323 e. The number of hydrogen-bond donors (Lipinski definition) is 1. The number of carbonyl (C=O) groups excluding carboxylic acids is 1. The quantitative estimate of drug-likeness (QED) is 0.373. The number of esters is 1. The van der Waals surface area contributed by atoms with Gasteiger partial charge in [0.05, 0.1) is 38.7 Å². The minimum Gasteiger partial charge on any atom is -0.497 e. The van der Waals surface area contributed by atoms with Crippen LogP contribution in [-0.4, -0.2) is 71.8 Å². The van der Waals surface area contributed by atoms with Gasteiger partial charge in [0.25, 0.3) is 0 Å². The fourth-order valence-electron chi connectivity index (χ4n) is 4.93. The molecule has 0 amide bonds. The summed E-state index contributed by atoms with van der Waals surface area (Å²) in [4.78, 5) is 14.8. The number of hydrogen-bond acceptors (Lipinski definition) is 8. The van der Waals surface area contributed by atoms with Gasteiger partial charge in [-0.2, -0.15) is 0 Å². The molecule has 0 saturated carbocycles. The summed E-state index contributed by atoms with van der Waals surface area (Å²) >= 11 is 0. The third-order valence-corrected chi connectivity index (χ3v) is 6.84. The molecule has 3 atom stereocenters. The average Bonchev–Trinajstić information content (AvgIpc) is 2.92. The molecular weight excluding hydrogens is 460 g/mol. The van der Waals surface area contributed by atoms with Crippen LogP contribution in [0.2, 0.25) is 0 Å². The zero-order valence-corrected chi connectivity index (χ0v) is 21.5. The number of nitrogens with one attached hydrogen (secondary N) is 1. The Bertz CT molecular complexity index is 983. The largest absolute Gasteiger partial charge is 0.497 e. The number of benzene rings is 2. The van der Waals surface area contributed by atoms with E-state index in [1.807, 2.05) is 25.1 Å². The van der Waals surface area contributed by atoms with Gasteiger partial charge in [-0.05, 0) is 55.2 Å². The van der Waals surface area contributed by atoms with Crippen LogP contribution in [0.25, 0.3) is 0 Å². The highest BCUT2D eigenvalue weighted by atomic mass is 16.5. The van der Waals surface area contributed by atoms with Crippen LogP contribution in [0.3, 0.4) is 0 Å². The van der Waals surface area contributed by atoms with Crippen molar-refractivity contribution < 1.29 is 28.5 Å². The van der Waals surface area contributed by atoms with Crippen LogP contribution in [0.15, 0.2) is 42.5 Å². The van der Waals surface area contributed by atoms with Gasteiger partial charge in [0.2, 0.25) is 0 Å². The fraction of sp³-hybridized carbons (Fsp3) is 0.536. The van der Waals surface area contributed by atoms with Gasteiger partial charge in [0, 0.05) is 32.7 Å². The fourth-order valence-corrected chi connectivity index (χ4v) is 4.93. The van der Waals surface area contributed by atoms with Crippen LogP contribution < -0.4 is 19.7 Å². The van der Waals surface area contributed by atoms with Gasteiger partial charge in [0.1, 0.15) is 24.1 Å². The molecule has 0 radical (unpaired) electrons. The molecule has 2 aliphatic rings. The third-order valence-electron chi connectivity index (χ3n) is 6.84. The molecule has 1 saturated heterocycles. The van der Waals surface area contributed by atoms with Crippen molar-refractivity contribution in [2.75, 3.05) is 58.6 Å². The van der Waals surface area contributed by atoms with E-state index < -0.39 is 0 Å². The van der Waals surface area contributed by atoms with E-state index in [1.54, 1.807) is 14.2 Å². The number of rotatable bonds is 11. The van der Waals surface area contributed by atoms with Crippen molar-refractivity contribution in [2.24, 2.45) is 0 Å². The van der Waals surface area contributed by atoms with Gasteiger partial charge >= 0.3 is 5.97 Å². The molecule has 1 N–H and O–H groups in total. The van der Waals surface area contributed by atoms with Crippen molar-refractivity contribution >= 4 is 11.7 Å². The minimum absolute atomic E-state index is 0.0538. The Morgan fingerprint density at radius 2 is 2.00 bits per heavy atom. The number of ether oxygens (including phenoxy) is 5. The summed E-state index contributed by atoms with van der Waals surface area (Å²) in [5.74, 6) is 1.56. The first-order valence-electron chi connectivity index (χ1n) is 12.8. The zero-order valence-electron chi connectivity index (χ0n) is 21.5. The monoisotopic (exact) mass is 498 g/mol. The molecule has 196 valence electrons. The third kappa shape index (κ3) is 6.49. The molecule has 8 heteroatoms. The van der Waals surface area contributed by atoms with Gasteiger partial charge in [0.15, 0.2) is 0 Å². The van der Waals surface area contributed by atoms with Crippen LogP contribution in [0, 0.1) is 0 Å². The van der Waals surface area contributed by atoms with E-state index in [1.165, 1.54) is 0 Å². The molecule has 36 heavy (non-hydrogen) atoms. The van der Waals surface area contributed by atoms with Crippen LogP contribution >= 0.6 is 0 Å². The molecule has 2 aromatic rings. The molecule has 2 aromatic carbocycles. The SMILES string of the molecule is CCOC(=O)[C@@H]1C[C@H](c2ccc(OC)cc2)[C@@H](OCc2ccc3c(c2)N(CCCOC)CCO3)CN1. The van der Waals surface area contributed by atoms with Crippen LogP contribution in [0.5, 0.6) is 11.5 Å². The minimum atomic E-state index is -0.349. The molecule has 0 unspecified atom stereocenters. The molecule has 8 nitrogen and oxygen atoms in total. The molecule has 0 spiro atoms. The van der Waals surface area contributed by atoms with Gasteiger partial charge in [-0.1, -0.05) is 18.2 Å². The number of fused-ring (bicyclic) bond motifs is 1. The van der Waals surface area contributed by atoms with Gasteiger partial charge in [-0.25, -0.2) is 0 Å². The van der Waals surface area contributed by atoms with Crippen molar-refractivity contribution in [3.8, 4) is 11.5 Å². The summed E-state index contributed by atoms with van der Waals surface area (Å²) < 4.78 is 28.2. The maximum absolute atomic E-state index is 12.5. The van der Waals surface area contributed by atoms with Gasteiger partial charge in [-0.15, -0.1) is 0 Å². The van der Waals surface area contributed by atoms with Crippen LogP contribution in [0.1, 0.15) is 36.8 Å². The highest BCUT2D eigenvalue weighted by Crippen LogP contribution is 2.35. The lowest BCUT2D eigenvalue weighted by molar-refractivity contribution is -0.147. The Kier molecular flexibility index (Phi) is 9.44. The van der Waals surface area contributed by atoms with E-state index in [9.17, 15) is 4.79 Å². The first-order valence-corrected chi connectivity index (χ1v) is 12.8. The molecule has 0 aliphatic carbocycles. The molecule has 1 fully saturated rings. The van der Waals surface area contributed by atoms with E-state index >= 15 is 0 Å². The predicted octanol–water partition coefficient (Wildman–Crippen LogP) is 3.52. The smallest absolute Gasteiger partial charge is 0.323 e. The Morgan fingerprint density at radius 1 is 1.17 bits per heavy atom. The van der Waals surface area contributed by atoms with E-state index in [-0.39, 0.29) is 24.0 Å². The van der Waals surface area contributed by atoms with Crippen molar-refractivity contribution in [3.05, 3.63) is 53.6 Å². The number of nitrogens with zero attached hydrogens (tertiary/aromatic N) is 1. The Hall–Kier alpha value is -2.81. The van der Waals surface area contributed by atoms with E-state index in [0.29, 0.717) is 32.8 Å². The van der Waals surface area contributed by atoms with E-state index in [2.05, 4.69) is 34.5 Å². The summed E-state index contributed by atoms with van der Waals surface area (Å²) in [5.41, 5.74) is 3.33. The summed E-state index contributed by atoms with van der Waals surface area (Å²) in [6.45, 7) is 6.46. The van der Waals surface area contributed by atoms with Crippen LogP contribution in [0.4, 0.5) is 5.69 Å². The molecule has 2 heterocycles. The summed E-state index contributed by atoms with van der Waals surface area (Å²) in [6, 6.07) is 13.9. The summed E-state index contributed by atoms with van der Waals surface area (Å²) in [7, 11) is 3.39. The number of piperidine rings is 1. The molecule has 0 bridgehead atoms. The number of carbonyl (C=O) groups is 1. The van der Waals surface area contributed by atoms with Crippen molar-refractivity contribution in [1.82, 2.24) is 5.32 Å². The second kappa shape index (κ2) is 12.9. The summed E-state index contributed by atoms with van der Waals surface area (Å²) in [5, 5.41) is 3.33. The standard InChI is InChI=1S/C28H38N2O6/c1-4-34-28(31)24-17-23(21-7-9-22(33-3)10-8-21)27(18-29-24)36-19-20-6-11-26-25(16-20)30(13-15-35-26)12-5-14-32-2/h6-11,16,23-24,27,29H,4-5,12-15,17-19H2,1-3H3/t23-,24+,27+/m1/s1. The second-order valence-electron chi connectivity index (χ2n) is 9.16. The molecule has 4 rings (SSSR count). The first-order chi connectivity index (χ1) is 17.6. The lowest BCUT2D eigenvalue weighted by Crippen LogP contribution is -2.50. The van der Waals surface area contributed by atoms with Crippen LogP contribution in [-0.2, 0) is 25.6 Å². The maximum atomic E-state index is 12.5. The predicted molar refractivity (Wildman–Crippen MR) is 138 cm³/mol. The first kappa shape index (κ1) is 26.3. The zero-order chi connectivity index (χ0) is 25.3. The molecule has 2 aliphatic heterocycles. The topological polar surface area (TPSA) is 78.5 Å². The number of methoxy groups -OCH3 is 2. The average molecular weight is 499 g/mol. The lowest BCUT2D eigenvalue weighted by Gasteiger charge is -2.36. The Labute approximate surface area is 213 Å². The normalized spacial score (nSPS) is 21.4. The highest BCUT2D eigenvalue weighted by Gasteiger charge is 2.36. The van der Waals surface area contributed by atoms with Gasteiger partial charge < -0.3 is 33.9 Å². The van der Waals surface area contributed by atoms with Gasteiger partial charge in [-0.3, -0.25) is 4.79 Å². The van der Waals surface area contributed by atoms with Crippen molar-refractivity contribution in [1.29, 1.82) is 0 Å². The van der Waals surface area contributed by atoms with E-state index in [4.69, 9.17) is 23.7 Å². The lowest BCUT2D eigenvalue weighted by atomic mass is 9.84. The highest BCUT2D eigenvalue weighted by molar-refractivity contribution is 5.76. The molecular formula is C28H38N2O6. The number of anilines is 1. The Morgan fingerprint density at radius 3 is 2.75 bits per heavy atom. The van der Waals surface area contributed by atoms with E-state index in [0.717, 1.165) is 54.4 Å². The second-order valence-corrected chi connectivity index (χ2v) is 9.16. The molecule has 0 aromatic heterocycles. The van der Waals surface area contributed by atoms with Crippen molar-refractivity contribution in [3.63, 3.8) is 0 Å². The van der Waals surface area contributed by atoms with Crippen molar-refractivity contribution in [2.45, 2.75) is 44.4 Å². The Balaban J connectivity index is 1.46. The summed E-state index contributed by atoms with van der Waals surface area (Å²) in [6.07, 6.45) is 1.49.